The Balaban J connectivity index is 1.53. The van der Waals surface area contributed by atoms with E-state index in [9.17, 15) is 13.2 Å². The molecule has 2 aromatic carbocycles. The summed E-state index contributed by atoms with van der Waals surface area (Å²) in [7, 11) is -3.58. The van der Waals surface area contributed by atoms with Crippen LogP contribution in [0.25, 0.3) is 0 Å². The molecule has 1 saturated carbocycles. The van der Waals surface area contributed by atoms with Crippen molar-refractivity contribution in [2.24, 2.45) is 0 Å². The molecule has 2 aliphatic rings. The topological polar surface area (TPSA) is 101 Å². The molecule has 0 heterocycles. The fourth-order valence-corrected chi connectivity index (χ4v) is 4.87. The van der Waals surface area contributed by atoms with E-state index in [0.717, 1.165) is 48.9 Å². The average molecular weight is 385 g/mol. The van der Waals surface area contributed by atoms with Gasteiger partial charge in [-0.05, 0) is 73.6 Å². The van der Waals surface area contributed by atoms with Gasteiger partial charge in [-0.2, -0.15) is 0 Å². The normalized spacial score (nSPS) is 19.3. The van der Waals surface area contributed by atoms with Gasteiger partial charge in [-0.3, -0.25) is 4.79 Å². The quantitative estimate of drug-likeness (QED) is 0.688. The monoisotopic (exact) mass is 385 g/mol. The second-order valence-corrected chi connectivity index (χ2v) is 9.01. The molecule has 1 unspecified atom stereocenters. The van der Waals surface area contributed by atoms with Crippen molar-refractivity contribution in [2.45, 2.75) is 49.1 Å². The average Bonchev–Trinajstić information content (AvgIpc) is 3.45. The van der Waals surface area contributed by atoms with Gasteiger partial charge in [0, 0.05) is 17.3 Å². The van der Waals surface area contributed by atoms with Crippen LogP contribution in [0.15, 0.2) is 47.4 Å². The Labute approximate surface area is 159 Å². The number of benzene rings is 2. The molecular weight excluding hydrogens is 362 g/mol. The third-order valence-electron chi connectivity index (χ3n) is 5.09. The van der Waals surface area contributed by atoms with Gasteiger partial charge < -0.3 is 11.1 Å². The summed E-state index contributed by atoms with van der Waals surface area (Å²) in [4.78, 5) is 12.9. The largest absolute Gasteiger partial charge is 0.399 e. The lowest BCUT2D eigenvalue weighted by Gasteiger charge is -2.26. The van der Waals surface area contributed by atoms with Gasteiger partial charge in [-0.1, -0.05) is 12.1 Å². The Hall–Kier alpha value is -2.38. The summed E-state index contributed by atoms with van der Waals surface area (Å²) in [5.74, 6) is -0.270. The first kappa shape index (κ1) is 18.0. The number of anilines is 1. The number of amides is 1. The molecule has 0 saturated heterocycles. The third-order valence-corrected chi connectivity index (χ3v) is 6.61. The molecule has 0 aliphatic heterocycles. The molecule has 0 radical (unpaired) electrons. The van der Waals surface area contributed by atoms with Crippen LogP contribution in [0.4, 0.5) is 5.69 Å². The Morgan fingerprint density at radius 2 is 1.89 bits per heavy atom. The molecule has 1 fully saturated rings. The Bertz CT molecular complexity index is 984. The predicted molar refractivity (Wildman–Crippen MR) is 104 cm³/mol. The van der Waals surface area contributed by atoms with E-state index in [-0.39, 0.29) is 22.9 Å². The lowest BCUT2D eigenvalue weighted by molar-refractivity contribution is 0.0932. The van der Waals surface area contributed by atoms with Gasteiger partial charge in [0.05, 0.1) is 10.9 Å². The Kier molecular flexibility index (Phi) is 4.65. The molecule has 1 amide bonds. The first-order valence-corrected chi connectivity index (χ1v) is 10.7. The molecule has 4 N–H and O–H groups in total. The van der Waals surface area contributed by atoms with Crippen LogP contribution in [-0.4, -0.2) is 20.4 Å². The first-order chi connectivity index (χ1) is 12.9. The van der Waals surface area contributed by atoms with E-state index in [4.69, 9.17) is 5.73 Å². The van der Waals surface area contributed by atoms with Crippen LogP contribution in [0.1, 0.15) is 53.2 Å². The zero-order valence-electron chi connectivity index (χ0n) is 14.9. The molecule has 2 aromatic rings. The van der Waals surface area contributed by atoms with E-state index in [1.807, 2.05) is 18.2 Å². The minimum absolute atomic E-state index is 0.0265. The lowest BCUT2D eigenvalue weighted by atomic mass is 9.87. The van der Waals surface area contributed by atoms with E-state index in [0.29, 0.717) is 5.56 Å². The number of carbonyl (C=O) groups is 1. The maximum absolute atomic E-state index is 12.8. The first-order valence-electron chi connectivity index (χ1n) is 9.24. The smallest absolute Gasteiger partial charge is 0.251 e. The van der Waals surface area contributed by atoms with Crippen molar-refractivity contribution in [2.75, 3.05) is 5.73 Å². The summed E-state index contributed by atoms with van der Waals surface area (Å²) in [6.45, 7) is 0. The number of carbonyl (C=O) groups excluding carboxylic acids is 1. The highest BCUT2D eigenvalue weighted by molar-refractivity contribution is 7.89. The number of nitrogen functional groups attached to an aromatic ring is 1. The predicted octanol–water partition coefficient (Wildman–Crippen LogP) is 2.52. The lowest BCUT2D eigenvalue weighted by Crippen LogP contribution is -2.31. The maximum atomic E-state index is 12.8. The summed E-state index contributed by atoms with van der Waals surface area (Å²) in [6, 6.07) is 11.9. The zero-order chi connectivity index (χ0) is 19.0. The molecule has 0 spiro atoms. The van der Waals surface area contributed by atoms with Crippen molar-refractivity contribution in [1.82, 2.24) is 10.0 Å². The number of nitrogens with two attached hydrogens (primary N) is 1. The number of hydrogen-bond donors (Lipinski definition) is 3. The maximum Gasteiger partial charge on any atom is 0.251 e. The molecule has 2 aliphatic carbocycles. The standard InChI is InChI=1S/C20H23N3O3S/c21-15-7-10-18-13(11-15)3-2-6-19(18)22-20(24)14-4-1-5-17(12-14)27(25,26)23-16-8-9-16/h1,4-5,7,10-12,16,19,23H,2-3,6,8-9,21H2,(H,22,24). The molecular formula is C20H23N3O3S. The molecule has 142 valence electrons. The molecule has 4 rings (SSSR count). The van der Waals surface area contributed by atoms with Crippen molar-refractivity contribution < 1.29 is 13.2 Å². The van der Waals surface area contributed by atoms with Gasteiger partial charge in [-0.15, -0.1) is 0 Å². The van der Waals surface area contributed by atoms with E-state index in [1.54, 1.807) is 12.1 Å². The summed E-state index contributed by atoms with van der Waals surface area (Å²) in [5, 5.41) is 3.05. The van der Waals surface area contributed by atoms with Gasteiger partial charge in [0.1, 0.15) is 0 Å². The van der Waals surface area contributed by atoms with Crippen LogP contribution < -0.4 is 15.8 Å². The summed E-state index contributed by atoms with van der Waals surface area (Å²) >= 11 is 0. The number of fused-ring (bicyclic) bond motifs is 1. The van der Waals surface area contributed by atoms with Crippen LogP contribution in [0, 0.1) is 0 Å². The van der Waals surface area contributed by atoms with Crippen molar-refractivity contribution in [3.8, 4) is 0 Å². The second kappa shape index (κ2) is 6.98. The Morgan fingerprint density at radius 1 is 1.07 bits per heavy atom. The van der Waals surface area contributed by atoms with Gasteiger partial charge in [0.2, 0.25) is 10.0 Å². The number of aryl methyl sites for hydroxylation is 1. The molecule has 6 nitrogen and oxygen atoms in total. The minimum atomic E-state index is -3.58. The van der Waals surface area contributed by atoms with E-state index in [1.165, 1.54) is 12.1 Å². The van der Waals surface area contributed by atoms with Gasteiger partial charge >= 0.3 is 0 Å². The fraction of sp³-hybridized carbons (Fsp3) is 0.350. The third kappa shape index (κ3) is 3.99. The van der Waals surface area contributed by atoms with Crippen molar-refractivity contribution in [3.05, 3.63) is 59.2 Å². The van der Waals surface area contributed by atoms with Crippen molar-refractivity contribution >= 4 is 21.6 Å². The van der Waals surface area contributed by atoms with Crippen molar-refractivity contribution in [3.63, 3.8) is 0 Å². The van der Waals surface area contributed by atoms with E-state index < -0.39 is 10.0 Å². The summed E-state index contributed by atoms with van der Waals surface area (Å²) in [5.41, 5.74) is 9.18. The van der Waals surface area contributed by atoms with Crippen LogP contribution in [0.5, 0.6) is 0 Å². The Morgan fingerprint density at radius 3 is 2.67 bits per heavy atom. The number of nitrogens with one attached hydrogen (secondary N) is 2. The van der Waals surface area contributed by atoms with Gasteiger partial charge in [-0.25, -0.2) is 13.1 Å². The van der Waals surface area contributed by atoms with Crippen molar-refractivity contribution in [1.29, 1.82) is 0 Å². The van der Waals surface area contributed by atoms with Crippen LogP contribution >= 0.6 is 0 Å². The second-order valence-electron chi connectivity index (χ2n) is 7.30. The molecule has 1 atom stereocenters. The van der Waals surface area contributed by atoms with Crippen LogP contribution in [0.2, 0.25) is 0 Å². The minimum Gasteiger partial charge on any atom is -0.399 e. The summed E-state index contributed by atoms with van der Waals surface area (Å²) < 4.78 is 27.4. The van der Waals surface area contributed by atoms with E-state index >= 15 is 0 Å². The highest BCUT2D eigenvalue weighted by Gasteiger charge is 2.28. The van der Waals surface area contributed by atoms with Crippen LogP contribution in [0.3, 0.4) is 0 Å². The van der Waals surface area contributed by atoms with Gasteiger partial charge in [0.15, 0.2) is 0 Å². The molecule has 0 bridgehead atoms. The number of sulfonamides is 1. The SMILES string of the molecule is Nc1ccc2c(c1)CCCC2NC(=O)c1cccc(S(=O)(=O)NC2CC2)c1. The fourth-order valence-electron chi connectivity index (χ4n) is 3.52. The highest BCUT2D eigenvalue weighted by atomic mass is 32.2. The van der Waals surface area contributed by atoms with Crippen LogP contribution in [-0.2, 0) is 16.4 Å². The molecule has 0 aromatic heterocycles. The molecule has 27 heavy (non-hydrogen) atoms. The zero-order valence-corrected chi connectivity index (χ0v) is 15.8. The molecule has 7 heteroatoms. The van der Waals surface area contributed by atoms with Gasteiger partial charge in [0.25, 0.3) is 5.91 Å². The van der Waals surface area contributed by atoms with E-state index in [2.05, 4.69) is 10.0 Å². The summed E-state index contributed by atoms with van der Waals surface area (Å²) in [6.07, 6.45) is 4.51. The number of hydrogen-bond acceptors (Lipinski definition) is 4. The number of rotatable bonds is 5. The highest BCUT2D eigenvalue weighted by Crippen LogP contribution is 2.31.